The first-order valence-corrected chi connectivity index (χ1v) is 8.78. The van der Waals surface area contributed by atoms with Crippen molar-refractivity contribution in [2.45, 2.75) is 25.8 Å². The number of fused-ring (bicyclic) bond motifs is 1. The second-order valence-electron chi connectivity index (χ2n) is 5.91. The molecule has 3 rings (SSSR count). The fraction of sp³-hybridized carbons (Fsp3) is 0.278. The number of aromatic nitrogens is 2. The van der Waals surface area contributed by atoms with Gasteiger partial charge in [-0.05, 0) is 25.0 Å². The van der Waals surface area contributed by atoms with Crippen molar-refractivity contribution in [2.24, 2.45) is 7.05 Å². The van der Waals surface area contributed by atoms with Gasteiger partial charge in [-0.15, -0.1) is 11.3 Å². The van der Waals surface area contributed by atoms with Gasteiger partial charge in [-0.2, -0.15) is 5.10 Å². The Kier molecular flexibility index (Phi) is 4.85. The van der Waals surface area contributed by atoms with Crippen molar-refractivity contribution < 1.29 is 14.7 Å². The van der Waals surface area contributed by atoms with Crippen LogP contribution in [0.3, 0.4) is 0 Å². The molecular formula is C18H19N3O3S. The summed E-state index contributed by atoms with van der Waals surface area (Å²) in [4.78, 5) is 25.2. The summed E-state index contributed by atoms with van der Waals surface area (Å²) in [6.45, 7) is 1.91. The molecule has 0 saturated heterocycles. The molecule has 0 spiro atoms. The molecule has 0 bridgehead atoms. The van der Waals surface area contributed by atoms with Gasteiger partial charge in [-0.25, -0.2) is 0 Å². The smallest absolute Gasteiger partial charge is 0.303 e. The Morgan fingerprint density at radius 3 is 2.68 bits per heavy atom. The normalized spacial score (nSPS) is 12.2. The SMILES string of the molecule is Cc1nn(C)c2sc(C(=O)NC(CCC(=O)O)c3ccccc3)cc12. The van der Waals surface area contributed by atoms with Crippen LogP contribution < -0.4 is 5.32 Å². The van der Waals surface area contributed by atoms with E-state index in [-0.39, 0.29) is 18.4 Å². The number of rotatable bonds is 6. The Labute approximate surface area is 149 Å². The number of nitrogens with one attached hydrogen (secondary N) is 1. The van der Waals surface area contributed by atoms with Gasteiger partial charge in [-0.3, -0.25) is 14.3 Å². The lowest BCUT2D eigenvalue weighted by atomic mass is 10.0. The largest absolute Gasteiger partial charge is 0.481 e. The van der Waals surface area contributed by atoms with E-state index in [2.05, 4.69) is 10.4 Å². The monoisotopic (exact) mass is 357 g/mol. The standard InChI is InChI=1S/C18H19N3O3S/c1-11-13-10-15(25-18(13)21(2)20-11)17(24)19-14(8-9-16(22)23)12-6-4-3-5-7-12/h3-7,10,14H,8-9H2,1-2H3,(H,19,24)(H,22,23). The third-order valence-corrected chi connectivity index (χ3v) is 5.27. The lowest BCUT2D eigenvalue weighted by Gasteiger charge is -2.18. The topological polar surface area (TPSA) is 84.2 Å². The third kappa shape index (κ3) is 3.71. The highest BCUT2D eigenvalue weighted by Gasteiger charge is 2.20. The molecule has 2 N–H and O–H groups in total. The van der Waals surface area contributed by atoms with Gasteiger partial charge in [0, 0.05) is 18.9 Å². The van der Waals surface area contributed by atoms with Crippen LogP contribution in [0.25, 0.3) is 10.2 Å². The van der Waals surface area contributed by atoms with Crippen molar-refractivity contribution in [1.82, 2.24) is 15.1 Å². The molecule has 1 amide bonds. The summed E-state index contributed by atoms with van der Waals surface area (Å²) in [5.41, 5.74) is 1.79. The predicted octanol–water partition coefficient (Wildman–Crippen LogP) is 3.28. The maximum absolute atomic E-state index is 12.7. The molecule has 0 fully saturated rings. The number of nitrogens with zero attached hydrogens (tertiary/aromatic N) is 2. The van der Waals surface area contributed by atoms with Gasteiger partial charge in [-0.1, -0.05) is 30.3 Å². The number of amides is 1. The Morgan fingerprint density at radius 1 is 1.32 bits per heavy atom. The van der Waals surface area contributed by atoms with Crippen LogP contribution in [-0.4, -0.2) is 26.8 Å². The van der Waals surface area contributed by atoms with Gasteiger partial charge in [0.2, 0.25) is 0 Å². The van der Waals surface area contributed by atoms with Crippen molar-refractivity contribution in [3.63, 3.8) is 0 Å². The van der Waals surface area contributed by atoms with Crippen LogP contribution in [0.2, 0.25) is 0 Å². The summed E-state index contributed by atoms with van der Waals surface area (Å²) in [7, 11) is 1.85. The van der Waals surface area contributed by atoms with E-state index in [4.69, 9.17) is 5.11 Å². The van der Waals surface area contributed by atoms with Crippen molar-refractivity contribution in [1.29, 1.82) is 0 Å². The minimum atomic E-state index is -0.876. The van der Waals surface area contributed by atoms with E-state index in [0.29, 0.717) is 11.3 Å². The minimum Gasteiger partial charge on any atom is -0.481 e. The number of carboxylic acids is 1. The van der Waals surface area contributed by atoms with E-state index >= 15 is 0 Å². The summed E-state index contributed by atoms with van der Waals surface area (Å²) in [5.74, 6) is -1.07. The van der Waals surface area contributed by atoms with Gasteiger partial charge in [0.15, 0.2) is 0 Å². The second-order valence-corrected chi connectivity index (χ2v) is 6.94. The molecule has 0 aliphatic rings. The molecule has 0 aliphatic heterocycles. The quantitative estimate of drug-likeness (QED) is 0.709. The molecule has 2 heterocycles. The zero-order valence-electron chi connectivity index (χ0n) is 14.0. The molecule has 1 atom stereocenters. The predicted molar refractivity (Wildman–Crippen MR) is 96.8 cm³/mol. The van der Waals surface area contributed by atoms with Crippen LogP contribution in [0.5, 0.6) is 0 Å². The Balaban J connectivity index is 1.83. The van der Waals surface area contributed by atoms with E-state index < -0.39 is 5.97 Å². The van der Waals surface area contributed by atoms with Gasteiger partial charge < -0.3 is 10.4 Å². The van der Waals surface area contributed by atoms with Crippen LogP contribution in [0.15, 0.2) is 36.4 Å². The van der Waals surface area contributed by atoms with E-state index in [1.807, 2.05) is 50.4 Å². The number of hydrogen-bond acceptors (Lipinski definition) is 4. The number of hydrogen-bond donors (Lipinski definition) is 2. The van der Waals surface area contributed by atoms with E-state index in [9.17, 15) is 9.59 Å². The average Bonchev–Trinajstić information content (AvgIpc) is 3.14. The molecule has 0 aliphatic carbocycles. The first-order valence-electron chi connectivity index (χ1n) is 7.96. The Bertz CT molecular complexity index is 880. The van der Waals surface area contributed by atoms with Crippen LogP contribution in [0, 0.1) is 6.92 Å². The zero-order chi connectivity index (χ0) is 18.0. The van der Waals surface area contributed by atoms with Crippen molar-refractivity contribution >= 4 is 33.4 Å². The molecular weight excluding hydrogens is 338 g/mol. The van der Waals surface area contributed by atoms with Crippen LogP contribution in [-0.2, 0) is 11.8 Å². The molecule has 1 aromatic carbocycles. The van der Waals surface area contributed by atoms with Gasteiger partial charge in [0.25, 0.3) is 5.91 Å². The molecule has 0 saturated carbocycles. The van der Waals surface area contributed by atoms with E-state index in [1.165, 1.54) is 11.3 Å². The van der Waals surface area contributed by atoms with Crippen molar-refractivity contribution in [2.75, 3.05) is 0 Å². The number of thiophene rings is 1. The Hall–Kier alpha value is -2.67. The highest BCUT2D eigenvalue weighted by Crippen LogP contribution is 2.28. The zero-order valence-corrected chi connectivity index (χ0v) is 14.8. The number of carboxylic acid groups (broad SMARTS) is 1. The molecule has 1 unspecified atom stereocenters. The number of benzene rings is 1. The molecule has 2 aromatic heterocycles. The first kappa shape index (κ1) is 17.2. The maximum atomic E-state index is 12.7. The molecule has 0 radical (unpaired) electrons. The van der Waals surface area contributed by atoms with Gasteiger partial charge in [0.1, 0.15) is 4.83 Å². The lowest BCUT2D eigenvalue weighted by molar-refractivity contribution is -0.137. The van der Waals surface area contributed by atoms with Gasteiger partial charge >= 0.3 is 5.97 Å². The van der Waals surface area contributed by atoms with E-state index in [0.717, 1.165) is 21.5 Å². The summed E-state index contributed by atoms with van der Waals surface area (Å²) in [6, 6.07) is 10.9. The molecule has 7 heteroatoms. The van der Waals surface area contributed by atoms with Crippen LogP contribution >= 0.6 is 11.3 Å². The molecule has 3 aromatic rings. The highest BCUT2D eigenvalue weighted by molar-refractivity contribution is 7.20. The number of carbonyl (C=O) groups is 2. The minimum absolute atomic E-state index is 0.00468. The molecule has 130 valence electrons. The van der Waals surface area contributed by atoms with E-state index in [1.54, 1.807) is 4.68 Å². The van der Waals surface area contributed by atoms with Gasteiger partial charge in [0.05, 0.1) is 16.6 Å². The summed E-state index contributed by atoms with van der Waals surface area (Å²) in [6.07, 6.45) is 0.339. The lowest BCUT2D eigenvalue weighted by Crippen LogP contribution is -2.28. The fourth-order valence-electron chi connectivity index (χ4n) is 2.82. The van der Waals surface area contributed by atoms with Crippen molar-refractivity contribution in [3.05, 3.63) is 52.5 Å². The fourth-order valence-corrected chi connectivity index (χ4v) is 3.85. The Morgan fingerprint density at radius 2 is 2.04 bits per heavy atom. The molecule has 6 nitrogen and oxygen atoms in total. The summed E-state index contributed by atoms with van der Waals surface area (Å²) >= 11 is 1.39. The summed E-state index contributed by atoms with van der Waals surface area (Å²) < 4.78 is 1.77. The molecule has 25 heavy (non-hydrogen) atoms. The van der Waals surface area contributed by atoms with Crippen LogP contribution in [0.4, 0.5) is 0 Å². The second kappa shape index (κ2) is 7.06. The average molecular weight is 357 g/mol. The number of aryl methyl sites for hydroxylation is 2. The number of aliphatic carboxylic acids is 1. The van der Waals surface area contributed by atoms with Crippen LogP contribution in [0.1, 0.15) is 39.8 Å². The maximum Gasteiger partial charge on any atom is 0.303 e. The van der Waals surface area contributed by atoms with Crippen molar-refractivity contribution in [3.8, 4) is 0 Å². The third-order valence-electron chi connectivity index (χ3n) is 4.07. The summed E-state index contributed by atoms with van der Waals surface area (Å²) in [5, 5.41) is 17.3. The highest BCUT2D eigenvalue weighted by atomic mass is 32.1. The first-order chi connectivity index (χ1) is 12.0. The number of carbonyl (C=O) groups excluding carboxylic acids is 1.